The summed E-state index contributed by atoms with van der Waals surface area (Å²) in [7, 11) is 0. The number of aliphatic hydroxyl groups excluding tert-OH is 6. The minimum absolute atomic E-state index is 0. The van der Waals surface area contributed by atoms with E-state index in [1.54, 1.807) is 0 Å². The van der Waals surface area contributed by atoms with Crippen LogP contribution in [-0.4, -0.2) is 165 Å². The van der Waals surface area contributed by atoms with Crippen LogP contribution in [0, 0.1) is 0 Å². The summed E-state index contributed by atoms with van der Waals surface area (Å²) in [5.74, 6) is 0. The van der Waals surface area contributed by atoms with Gasteiger partial charge in [0.1, 0.15) is 0 Å². The molecule has 0 heterocycles. The highest BCUT2D eigenvalue weighted by atomic mass is 16.5. The standard InChI is InChI=1S/6C8H18O2.2C8H18O.CH4/c6*1-5-7(9)6-10-8(2,3)4;2*1-5-6-7-9-8(2,3)4;/h6*7,9H,5-6H2,1-4H3;2*5-7H2,1-4H3;1H4/t4*7-;;;;;/m1100...../s1. The van der Waals surface area contributed by atoms with Gasteiger partial charge in [-0.2, -0.15) is 0 Å². The lowest BCUT2D eigenvalue weighted by Crippen LogP contribution is -2.25. The van der Waals surface area contributed by atoms with Crippen LogP contribution in [0.15, 0.2) is 0 Å². The Hall–Kier alpha value is -0.560. The van der Waals surface area contributed by atoms with Crippen LogP contribution in [-0.2, 0) is 37.9 Å². The molecule has 79 heavy (non-hydrogen) atoms. The Kier molecular flexibility index (Phi) is 66.8. The molecule has 14 nitrogen and oxygen atoms in total. The zero-order chi connectivity index (χ0) is 63.8. The van der Waals surface area contributed by atoms with Crippen LogP contribution in [0.25, 0.3) is 0 Å². The van der Waals surface area contributed by atoms with E-state index >= 15 is 0 Å². The maximum absolute atomic E-state index is 9.10. The van der Waals surface area contributed by atoms with Crippen molar-refractivity contribution < 1.29 is 68.5 Å². The smallest absolute Gasteiger partial charge is 0.0771 e. The maximum atomic E-state index is 9.10. The Bertz CT molecular complexity index is 971. The topological polar surface area (TPSA) is 195 Å². The van der Waals surface area contributed by atoms with E-state index in [0.29, 0.717) is 39.6 Å². The molecule has 0 aromatic rings. The fraction of sp³-hybridized carbons (Fsp3) is 1.00. The Morgan fingerprint density at radius 2 is 0.342 bits per heavy atom. The first-order valence-corrected chi connectivity index (χ1v) is 30.0. The van der Waals surface area contributed by atoms with Crippen LogP contribution < -0.4 is 0 Å². The molecule has 0 aliphatic rings. The maximum Gasteiger partial charge on any atom is 0.0771 e. The minimum atomic E-state index is -0.306. The van der Waals surface area contributed by atoms with Gasteiger partial charge >= 0.3 is 0 Å². The Morgan fingerprint density at radius 1 is 0.228 bits per heavy atom. The molecule has 0 rings (SSSR count). The lowest BCUT2D eigenvalue weighted by atomic mass is 10.2. The molecule has 6 atom stereocenters. The first-order valence-electron chi connectivity index (χ1n) is 30.0. The minimum Gasteiger partial charge on any atom is -0.391 e. The van der Waals surface area contributed by atoms with Gasteiger partial charge in [0.25, 0.3) is 0 Å². The summed E-state index contributed by atoms with van der Waals surface area (Å²) in [4.78, 5) is 0. The third-order valence-electron chi connectivity index (χ3n) is 9.15. The van der Waals surface area contributed by atoms with Gasteiger partial charge in [-0.25, -0.2) is 0 Å². The van der Waals surface area contributed by atoms with Crippen molar-refractivity contribution in [3.8, 4) is 0 Å². The van der Waals surface area contributed by atoms with Crippen molar-refractivity contribution in [1.82, 2.24) is 0 Å². The number of hydrogen-bond acceptors (Lipinski definition) is 14. The SMILES string of the molecule is C.CCC(O)COC(C)(C)C.CCC(O)COC(C)(C)C.CCCCOC(C)(C)C.CCCCOC(C)(C)C.CC[C@@H](O)COC(C)(C)C.CC[C@@H](O)COC(C)(C)C.CC[C@H](O)COC(C)(C)C.CC[C@H](O)COC(C)(C)C. The van der Waals surface area contributed by atoms with Gasteiger partial charge in [-0.05, 0) is 218 Å². The third kappa shape index (κ3) is 125. The molecule has 0 amide bonds. The Balaban J connectivity index is -0.000000101. The van der Waals surface area contributed by atoms with Gasteiger partial charge in [0.15, 0.2) is 0 Å². The lowest BCUT2D eigenvalue weighted by Gasteiger charge is -2.21. The summed E-state index contributed by atoms with van der Waals surface area (Å²) in [5.41, 5.74) is -0.671. The average Bonchev–Trinajstić information content (AvgIpc) is 3.28. The van der Waals surface area contributed by atoms with E-state index in [-0.39, 0.29) is 88.9 Å². The molecule has 0 aliphatic heterocycles. The van der Waals surface area contributed by atoms with Gasteiger partial charge in [0, 0.05) is 13.2 Å². The third-order valence-corrected chi connectivity index (χ3v) is 9.15. The Morgan fingerprint density at radius 3 is 0.418 bits per heavy atom. The van der Waals surface area contributed by atoms with Gasteiger partial charge in [0.2, 0.25) is 0 Å². The van der Waals surface area contributed by atoms with Crippen LogP contribution >= 0.6 is 0 Å². The molecular weight excluding hydrogens is 1000 g/mol. The van der Waals surface area contributed by atoms with E-state index in [4.69, 9.17) is 68.5 Å². The molecular formula is C65H148O14. The second-order valence-corrected chi connectivity index (χ2v) is 27.5. The molecule has 0 bridgehead atoms. The van der Waals surface area contributed by atoms with E-state index in [9.17, 15) is 0 Å². The van der Waals surface area contributed by atoms with Crippen molar-refractivity contribution in [2.75, 3.05) is 52.9 Å². The summed E-state index contributed by atoms with van der Waals surface area (Å²) in [6, 6.07) is 0. The molecule has 0 radical (unpaired) electrons. The van der Waals surface area contributed by atoms with E-state index in [1.807, 2.05) is 166 Å². The van der Waals surface area contributed by atoms with Crippen LogP contribution in [0.5, 0.6) is 0 Å². The van der Waals surface area contributed by atoms with Gasteiger partial charge in [-0.15, -0.1) is 0 Å². The largest absolute Gasteiger partial charge is 0.391 e. The molecule has 2 unspecified atom stereocenters. The van der Waals surface area contributed by atoms with Gasteiger partial charge in [0.05, 0.1) is 121 Å². The molecule has 6 N–H and O–H groups in total. The second kappa shape index (κ2) is 54.1. The van der Waals surface area contributed by atoms with E-state index < -0.39 is 0 Å². The first kappa shape index (κ1) is 97.6. The predicted octanol–water partition coefficient (Wildman–Crippen LogP) is 15.3. The molecule has 0 spiro atoms. The molecule has 0 saturated heterocycles. The average molecular weight is 1150 g/mol. The molecule has 0 aromatic heterocycles. The van der Waals surface area contributed by atoms with Crippen LogP contribution in [0.1, 0.15) is 293 Å². The summed E-state index contributed by atoms with van der Waals surface area (Å²) >= 11 is 0. The molecule has 0 aliphatic carbocycles. The highest BCUT2D eigenvalue weighted by molar-refractivity contribution is 4.65. The van der Waals surface area contributed by atoms with Gasteiger partial charge < -0.3 is 68.5 Å². The van der Waals surface area contributed by atoms with Crippen molar-refractivity contribution in [2.24, 2.45) is 0 Å². The summed E-state index contributed by atoms with van der Waals surface area (Å²) in [6.07, 6.45) is 7.51. The van der Waals surface area contributed by atoms with Crippen molar-refractivity contribution >= 4 is 0 Å². The number of hydrogen-bond donors (Lipinski definition) is 6. The fourth-order valence-electron chi connectivity index (χ4n) is 3.83. The Labute approximate surface area is 494 Å². The van der Waals surface area contributed by atoms with Crippen LogP contribution in [0.2, 0.25) is 0 Å². The predicted molar refractivity (Wildman–Crippen MR) is 340 cm³/mol. The van der Waals surface area contributed by atoms with Crippen molar-refractivity contribution in [3.05, 3.63) is 0 Å². The van der Waals surface area contributed by atoms with E-state index in [2.05, 4.69) is 55.4 Å². The zero-order valence-corrected chi connectivity index (χ0v) is 58.1. The molecule has 0 fully saturated rings. The second-order valence-electron chi connectivity index (χ2n) is 27.5. The number of ether oxygens (including phenoxy) is 8. The molecule has 0 saturated carbocycles. The van der Waals surface area contributed by atoms with E-state index in [1.165, 1.54) is 25.7 Å². The number of unbranched alkanes of at least 4 members (excludes halogenated alkanes) is 2. The molecule has 14 heteroatoms. The highest BCUT2D eigenvalue weighted by Crippen LogP contribution is 2.13. The van der Waals surface area contributed by atoms with Crippen LogP contribution in [0.4, 0.5) is 0 Å². The zero-order valence-electron chi connectivity index (χ0n) is 58.1. The van der Waals surface area contributed by atoms with Crippen molar-refractivity contribution in [1.29, 1.82) is 0 Å². The molecule has 492 valence electrons. The van der Waals surface area contributed by atoms with E-state index in [0.717, 1.165) is 51.7 Å². The summed E-state index contributed by atoms with van der Waals surface area (Å²) in [6.45, 7) is 68.6. The normalized spacial score (nSPS) is 14.4. The monoisotopic (exact) mass is 1150 g/mol. The number of rotatable bonds is 24. The molecule has 0 aromatic carbocycles. The van der Waals surface area contributed by atoms with Gasteiger partial charge in [-0.3, -0.25) is 0 Å². The fourth-order valence-corrected chi connectivity index (χ4v) is 3.83. The first-order chi connectivity index (χ1) is 34.8. The lowest BCUT2D eigenvalue weighted by molar-refractivity contribution is -0.0493. The summed E-state index contributed by atoms with van der Waals surface area (Å²) < 4.78 is 42.9. The highest BCUT2D eigenvalue weighted by Gasteiger charge is 2.16. The van der Waals surface area contributed by atoms with Crippen molar-refractivity contribution in [2.45, 2.75) is 375 Å². The number of aliphatic hydroxyl groups is 6. The summed E-state index contributed by atoms with van der Waals surface area (Å²) in [5, 5.41) is 54.6. The van der Waals surface area contributed by atoms with Crippen molar-refractivity contribution in [3.63, 3.8) is 0 Å². The van der Waals surface area contributed by atoms with Crippen LogP contribution in [0.3, 0.4) is 0 Å². The quantitative estimate of drug-likeness (QED) is 0.0500. The van der Waals surface area contributed by atoms with Gasteiger partial charge in [-0.1, -0.05) is 75.7 Å².